The number of urea groups is 1. The number of para-hydroxylation sites is 2. The highest BCUT2D eigenvalue weighted by atomic mass is 16.2. The Morgan fingerprint density at radius 3 is 2.32 bits per heavy atom. The van der Waals surface area contributed by atoms with Gasteiger partial charge in [0.25, 0.3) is 5.91 Å². The summed E-state index contributed by atoms with van der Waals surface area (Å²) in [6.07, 6.45) is 0.857. The Morgan fingerprint density at radius 2 is 1.59 bits per heavy atom. The Balaban J connectivity index is 2.06. The van der Waals surface area contributed by atoms with Crippen LogP contribution in [-0.4, -0.2) is 18.5 Å². The molecule has 0 saturated carbocycles. The molecule has 0 unspecified atom stereocenters. The van der Waals surface area contributed by atoms with Crippen molar-refractivity contribution in [2.45, 2.75) is 13.3 Å². The summed E-state index contributed by atoms with van der Waals surface area (Å²) in [4.78, 5) is 24.1. The Hall–Kier alpha value is -2.82. The fraction of sp³-hybridized carbons (Fsp3) is 0.176. The largest absolute Gasteiger partial charge is 0.352 e. The summed E-state index contributed by atoms with van der Waals surface area (Å²) in [5.74, 6) is -0.197. The number of hydrogen-bond acceptors (Lipinski definition) is 2. The van der Waals surface area contributed by atoms with Gasteiger partial charge >= 0.3 is 6.03 Å². The van der Waals surface area contributed by atoms with Crippen LogP contribution in [0, 0.1) is 0 Å². The van der Waals surface area contributed by atoms with Gasteiger partial charge in [0.2, 0.25) is 0 Å². The first-order valence-corrected chi connectivity index (χ1v) is 7.21. The number of nitrogens with one attached hydrogen (secondary N) is 3. The fourth-order valence-corrected chi connectivity index (χ4v) is 1.93. The fourth-order valence-electron chi connectivity index (χ4n) is 1.93. The molecule has 3 amide bonds. The maximum Gasteiger partial charge on any atom is 0.323 e. The lowest BCUT2D eigenvalue weighted by atomic mass is 10.1. The molecule has 0 aliphatic carbocycles. The van der Waals surface area contributed by atoms with Crippen LogP contribution < -0.4 is 16.0 Å². The van der Waals surface area contributed by atoms with Gasteiger partial charge in [0, 0.05) is 12.2 Å². The summed E-state index contributed by atoms with van der Waals surface area (Å²) < 4.78 is 0. The highest BCUT2D eigenvalue weighted by Crippen LogP contribution is 2.15. The van der Waals surface area contributed by atoms with E-state index in [0.717, 1.165) is 6.42 Å². The van der Waals surface area contributed by atoms with Gasteiger partial charge in [-0.1, -0.05) is 37.3 Å². The van der Waals surface area contributed by atoms with E-state index >= 15 is 0 Å². The Bertz CT molecular complexity index is 641. The number of amides is 3. The molecule has 0 spiro atoms. The lowest BCUT2D eigenvalue weighted by Crippen LogP contribution is -2.26. The molecular formula is C17H19N3O2. The average molecular weight is 297 g/mol. The molecule has 114 valence electrons. The van der Waals surface area contributed by atoms with E-state index in [0.29, 0.717) is 23.5 Å². The molecule has 5 nitrogen and oxygen atoms in total. The lowest BCUT2D eigenvalue weighted by molar-refractivity contribution is 0.0954. The summed E-state index contributed by atoms with van der Waals surface area (Å²) in [5, 5.41) is 8.22. The van der Waals surface area contributed by atoms with E-state index in [2.05, 4.69) is 16.0 Å². The van der Waals surface area contributed by atoms with Crippen LogP contribution in [0.3, 0.4) is 0 Å². The molecule has 22 heavy (non-hydrogen) atoms. The van der Waals surface area contributed by atoms with Crippen LogP contribution in [0.2, 0.25) is 0 Å². The molecule has 5 heteroatoms. The quantitative estimate of drug-likeness (QED) is 0.791. The van der Waals surface area contributed by atoms with Gasteiger partial charge in [-0.15, -0.1) is 0 Å². The Kier molecular flexibility index (Phi) is 5.54. The highest BCUT2D eigenvalue weighted by Gasteiger charge is 2.12. The van der Waals surface area contributed by atoms with Gasteiger partial charge in [-0.25, -0.2) is 4.79 Å². The van der Waals surface area contributed by atoms with E-state index in [4.69, 9.17) is 0 Å². The van der Waals surface area contributed by atoms with Crippen LogP contribution in [-0.2, 0) is 0 Å². The summed E-state index contributed by atoms with van der Waals surface area (Å²) >= 11 is 0. The van der Waals surface area contributed by atoms with Crippen molar-refractivity contribution < 1.29 is 9.59 Å². The van der Waals surface area contributed by atoms with Gasteiger partial charge in [0.05, 0.1) is 11.3 Å². The SMILES string of the molecule is CCCNC(=O)c1ccccc1NC(=O)Nc1ccccc1. The minimum atomic E-state index is -0.387. The number of anilines is 2. The molecule has 0 atom stereocenters. The first-order valence-electron chi connectivity index (χ1n) is 7.21. The number of hydrogen-bond donors (Lipinski definition) is 3. The van der Waals surface area contributed by atoms with Gasteiger partial charge < -0.3 is 16.0 Å². The molecule has 3 N–H and O–H groups in total. The van der Waals surface area contributed by atoms with Crippen LogP contribution in [0.15, 0.2) is 54.6 Å². The van der Waals surface area contributed by atoms with Gasteiger partial charge in [-0.2, -0.15) is 0 Å². The molecular weight excluding hydrogens is 278 g/mol. The van der Waals surface area contributed by atoms with Crippen molar-refractivity contribution >= 4 is 23.3 Å². The molecule has 0 heterocycles. The van der Waals surface area contributed by atoms with Crippen molar-refractivity contribution in [1.82, 2.24) is 5.32 Å². The van der Waals surface area contributed by atoms with E-state index in [-0.39, 0.29) is 11.9 Å². The first kappa shape index (κ1) is 15.6. The van der Waals surface area contributed by atoms with Crippen molar-refractivity contribution in [2.24, 2.45) is 0 Å². The van der Waals surface area contributed by atoms with Gasteiger partial charge in [0.1, 0.15) is 0 Å². The third-order valence-corrected chi connectivity index (χ3v) is 2.99. The normalized spacial score (nSPS) is 9.86. The van der Waals surface area contributed by atoms with Gasteiger partial charge in [0.15, 0.2) is 0 Å². The van der Waals surface area contributed by atoms with E-state index in [9.17, 15) is 9.59 Å². The second-order valence-electron chi connectivity index (χ2n) is 4.75. The molecule has 0 bridgehead atoms. The molecule has 0 aliphatic heterocycles. The predicted octanol–water partition coefficient (Wildman–Crippen LogP) is 3.47. The van der Waals surface area contributed by atoms with Crippen molar-refractivity contribution in [3.63, 3.8) is 0 Å². The van der Waals surface area contributed by atoms with Gasteiger partial charge in [-0.05, 0) is 30.7 Å². The zero-order valence-corrected chi connectivity index (χ0v) is 12.4. The summed E-state index contributed by atoms with van der Waals surface area (Å²) in [7, 11) is 0. The molecule has 0 radical (unpaired) electrons. The predicted molar refractivity (Wildman–Crippen MR) is 88.1 cm³/mol. The first-order chi connectivity index (χ1) is 10.7. The molecule has 2 aromatic rings. The maximum atomic E-state index is 12.1. The molecule has 2 aromatic carbocycles. The average Bonchev–Trinajstić information content (AvgIpc) is 2.54. The minimum absolute atomic E-state index is 0.197. The van der Waals surface area contributed by atoms with Crippen molar-refractivity contribution in [1.29, 1.82) is 0 Å². The summed E-state index contributed by atoms with van der Waals surface area (Å²) in [6, 6.07) is 15.7. The molecule has 2 rings (SSSR count). The molecule has 0 aromatic heterocycles. The monoisotopic (exact) mass is 297 g/mol. The zero-order chi connectivity index (χ0) is 15.8. The van der Waals surface area contributed by atoms with E-state index in [1.54, 1.807) is 36.4 Å². The van der Waals surface area contributed by atoms with Crippen LogP contribution in [0.5, 0.6) is 0 Å². The highest BCUT2D eigenvalue weighted by molar-refractivity contribution is 6.06. The van der Waals surface area contributed by atoms with Crippen molar-refractivity contribution in [3.8, 4) is 0 Å². The molecule has 0 fully saturated rings. The van der Waals surface area contributed by atoms with Crippen LogP contribution >= 0.6 is 0 Å². The third kappa shape index (κ3) is 4.34. The summed E-state index contributed by atoms with van der Waals surface area (Å²) in [6.45, 7) is 2.58. The second-order valence-corrected chi connectivity index (χ2v) is 4.75. The zero-order valence-electron chi connectivity index (χ0n) is 12.4. The standard InChI is InChI=1S/C17H19N3O2/c1-2-12-18-16(21)14-10-6-7-11-15(14)20-17(22)19-13-8-4-3-5-9-13/h3-11H,2,12H2,1H3,(H,18,21)(H2,19,20,22). The van der Waals surface area contributed by atoms with E-state index in [1.807, 2.05) is 25.1 Å². The maximum absolute atomic E-state index is 12.1. The molecule has 0 aliphatic rings. The van der Waals surface area contributed by atoms with Crippen LogP contribution in [0.25, 0.3) is 0 Å². The number of benzene rings is 2. The van der Waals surface area contributed by atoms with Crippen molar-refractivity contribution in [3.05, 3.63) is 60.2 Å². The third-order valence-electron chi connectivity index (χ3n) is 2.99. The van der Waals surface area contributed by atoms with E-state index < -0.39 is 0 Å². The summed E-state index contributed by atoms with van der Waals surface area (Å²) in [5.41, 5.74) is 1.61. The minimum Gasteiger partial charge on any atom is -0.352 e. The Morgan fingerprint density at radius 1 is 0.909 bits per heavy atom. The topological polar surface area (TPSA) is 70.2 Å². The number of carbonyl (C=O) groups excluding carboxylic acids is 2. The smallest absolute Gasteiger partial charge is 0.323 e. The second kappa shape index (κ2) is 7.83. The Labute approximate surface area is 129 Å². The van der Waals surface area contributed by atoms with Crippen molar-refractivity contribution in [2.75, 3.05) is 17.2 Å². The van der Waals surface area contributed by atoms with E-state index in [1.165, 1.54) is 0 Å². The van der Waals surface area contributed by atoms with Gasteiger partial charge in [-0.3, -0.25) is 4.79 Å². The lowest BCUT2D eigenvalue weighted by Gasteiger charge is -2.12. The number of rotatable bonds is 5. The number of carbonyl (C=O) groups is 2. The molecule has 0 saturated heterocycles. The van der Waals surface area contributed by atoms with Crippen LogP contribution in [0.1, 0.15) is 23.7 Å². The van der Waals surface area contributed by atoms with Crippen LogP contribution in [0.4, 0.5) is 16.2 Å².